The van der Waals surface area contributed by atoms with Crippen molar-refractivity contribution < 1.29 is 13.9 Å². The van der Waals surface area contributed by atoms with Crippen LogP contribution in [0.25, 0.3) is 0 Å². The van der Waals surface area contributed by atoms with Gasteiger partial charge in [-0.15, -0.1) is 5.10 Å². The van der Waals surface area contributed by atoms with E-state index in [0.29, 0.717) is 37.1 Å². The van der Waals surface area contributed by atoms with Gasteiger partial charge in [-0.1, -0.05) is 24.3 Å². The van der Waals surface area contributed by atoms with Crippen LogP contribution in [0, 0.1) is 11.7 Å². The quantitative estimate of drug-likeness (QED) is 0.350. The number of aromatic nitrogens is 4. The van der Waals surface area contributed by atoms with Gasteiger partial charge >= 0.3 is 0 Å². The molecule has 1 aliphatic carbocycles. The Morgan fingerprint density at radius 1 is 1.17 bits per heavy atom. The third-order valence-corrected chi connectivity index (χ3v) is 7.23. The summed E-state index contributed by atoms with van der Waals surface area (Å²) in [5, 5.41) is 11.3. The van der Waals surface area contributed by atoms with Crippen LogP contribution in [0.5, 0.6) is 5.75 Å². The Morgan fingerprint density at radius 2 is 2.03 bits per heavy atom. The molecular formula is C28H34FN5O2. The summed E-state index contributed by atoms with van der Waals surface area (Å²) >= 11 is 0. The van der Waals surface area contributed by atoms with Crippen LogP contribution in [0.4, 0.5) is 10.2 Å². The van der Waals surface area contributed by atoms with Gasteiger partial charge in [0.1, 0.15) is 5.82 Å². The Bertz CT molecular complexity index is 1210. The van der Waals surface area contributed by atoms with Crippen molar-refractivity contribution in [1.29, 1.82) is 0 Å². The molecule has 3 aromatic rings. The molecule has 190 valence electrons. The number of unbranched alkanes of at least 4 members (excludes halogenated alkanes) is 1. The number of pyridine rings is 1. The maximum atomic E-state index is 14.3. The summed E-state index contributed by atoms with van der Waals surface area (Å²) in [5.74, 6) is 1.60. The van der Waals surface area contributed by atoms with Gasteiger partial charge < -0.3 is 10.1 Å². The lowest BCUT2D eigenvalue weighted by atomic mass is 9.96. The summed E-state index contributed by atoms with van der Waals surface area (Å²) in [6.45, 7) is 3.45. The molecule has 1 aromatic carbocycles. The molecule has 0 spiro atoms. The van der Waals surface area contributed by atoms with Crippen LogP contribution in [-0.2, 0) is 30.6 Å². The van der Waals surface area contributed by atoms with E-state index in [2.05, 4.69) is 33.6 Å². The number of rotatable bonds is 12. The maximum absolute atomic E-state index is 14.3. The van der Waals surface area contributed by atoms with E-state index in [-0.39, 0.29) is 17.6 Å². The molecule has 1 saturated carbocycles. The zero-order valence-corrected chi connectivity index (χ0v) is 20.9. The van der Waals surface area contributed by atoms with Crippen LogP contribution in [0.1, 0.15) is 73.8 Å². The Labute approximate surface area is 211 Å². The molecule has 3 heterocycles. The van der Waals surface area contributed by atoms with Crippen LogP contribution in [0.3, 0.4) is 0 Å². The van der Waals surface area contributed by atoms with Crippen molar-refractivity contribution in [2.24, 2.45) is 5.92 Å². The number of hydrogen-bond donors (Lipinski definition) is 1. The van der Waals surface area contributed by atoms with E-state index < -0.39 is 0 Å². The molecule has 7 nitrogen and oxygen atoms in total. The first-order chi connectivity index (χ1) is 17.6. The normalized spacial score (nSPS) is 15.9. The van der Waals surface area contributed by atoms with E-state index in [9.17, 15) is 9.18 Å². The fraction of sp³-hybridized carbons (Fsp3) is 0.500. The number of ether oxygens (including phenoxy) is 1. The number of anilines is 1. The average Bonchev–Trinajstić information content (AvgIpc) is 3.62. The molecule has 1 atom stereocenters. The highest BCUT2D eigenvalue weighted by Gasteiger charge is 2.23. The van der Waals surface area contributed by atoms with Crippen molar-refractivity contribution in [2.75, 3.05) is 11.9 Å². The summed E-state index contributed by atoms with van der Waals surface area (Å²) in [7, 11) is 0. The molecule has 5 rings (SSSR count). The topological polar surface area (TPSA) is 81.9 Å². The minimum atomic E-state index is -0.297. The molecule has 1 aliphatic heterocycles. The van der Waals surface area contributed by atoms with Gasteiger partial charge in [-0.3, -0.25) is 4.79 Å². The number of fused-ring (bicyclic) bond motifs is 1. The highest BCUT2D eigenvalue weighted by Crippen LogP contribution is 2.32. The maximum Gasteiger partial charge on any atom is 0.225 e. The SMILES string of the molecule is CC[C@@H](Cn1nncc1CCCCc1cnc2c(c1)CCC(=O)N2)c1ccc(F)c(OCC2CC2)c1. The highest BCUT2D eigenvalue weighted by molar-refractivity contribution is 5.92. The first kappa shape index (κ1) is 24.4. The van der Waals surface area contributed by atoms with Crippen molar-refractivity contribution >= 4 is 11.7 Å². The number of amides is 1. The predicted molar refractivity (Wildman–Crippen MR) is 136 cm³/mol. The largest absolute Gasteiger partial charge is 0.490 e. The Kier molecular flexibility index (Phi) is 7.58. The van der Waals surface area contributed by atoms with Crippen LogP contribution < -0.4 is 10.1 Å². The number of aryl methyl sites for hydroxylation is 3. The predicted octanol–water partition coefficient (Wildman–Crippen LogP) is 5.24. The van der Waals surface area contributed by atoms with Crippen LogP contribution in [0.2, 0.25) is 0 Å². The molecule has 0 saturated heterocycles. The van der Waals surface area contributed by atoms with Crippen molar-refractivity contribution in [3.8, 4) is 5.75 Å². The van der Waals surface area contributed by atoms with E-state index in [1.807, 2.05) is 29.2 Å². The van der Waals surface area contributed by atoms with Gasteiger partial charge in [0.25, 0.3) is 0 Å². The minimum absolute atomic E-state index is 0.0417. The third-order valence-electron chi connectivity index (χ3n) is 7.23. The van der Waals surface area contributed by atoms with Crippen LogP contribution in [0.15, 0.2) is 36.7 Å². The first-order valence-corrected chi connectivity index (χ1v) is 13.2. The molecule has 36 heavy (non-hydrogen) atoms. The van der Waals surface area contributed by atoms with Crippen molar-refractivity contribution in [3.05, 3.63) is 64.9 Å². The van der Waals surface area contributed by atoms with E-state index in [1.54, 1.807) is 0 Å². The molecule has 0 unspecified atom stereocenters. The molecule has 2 aromatic heterocycles. The number of nitrogens with one attached hydrogen (secondary N) is 1. The standard InChI is InChI=1S/C28H34FN5O2/c1-2-21(22-9-11-25(29)26(14-22)36-18-19-7-8-19)17-34-24(16-31-33-34)6-4-3-5-20-13-23-10-12-27(35)32-28(23)30-15-20/h9,11,13-16,19,21H,2-8,10,12,17-18H2,1H3,(H,30,32,35)/t21-/m0/s1. The molecule has 1 N–H and O–H groups in total. The van der Waals surface area contributed by atoms with Crippen molar-refractivity contribution in [2.45, 2.75) is 77.2 Å². The number of carbonyl (C=O) groups is 1. The smallest absolute Gasteiger partial charge is 0.225 e. The van der Waals surface area contributed by atoms with E-state index >= 15 is 0 Å². The third kappa shape index (κ3) is 6.09. The van der Waals surface area contributed by atoms with Gasteiger partial charge in [0.2, 0.25) is 5.91 Å². The fourth-order valence-corrected chi connectivity index (χ4v) is 4.76. The summed E-state index contributed by atoms with van der Waals surface area (Å²) in [6.07, 6.45) is 12.2. The van der Waals surface area contributed by atoms with Gasteiger partial charge in [0.05, 0.1) is 18.5 Å². The first-order valence-electron chi connectivity index (χ1n) is 13.2. The van der Waals surface area contributed by atoms with Gasteiger partial charge in [-0.05, 0) is 86.1 Å². The Morgan fingerprint density at radius 3 is 2.86 bits per heavy atom. The average molecular weight is 492 g/mol. The van der Waals surface area contributed by atoms with Crippen molar-refractivity contribution in [3.63, 3.8) is 0 Å². The number of hydrogen-bond acceptors (Lipinski definition) is 5. The number of halogens is 1. The molecule has 1 fully saturated rings. The van der Waals surface area contributed by atoms with Gasteiger partial charge in [0, 0.05) is 25.1 Å². The molecule has 8 heteroatoms. The lowest BCUT2D eigenvalue weighted by molar-refractivity contribution is -0.116. The second kappa shape index (κ2) is 11.2. The second-order valence-electron chi connectivity index (χ2n) is 10.1. The monoisotopic (exact) mass is 491 g/mol. The van der Waals surface area contributed by atoms with Crippen molar-refractivity contribution in [1.82, 2.24) is 20.0 Å². The molecule has 0 radical (unpaired) electrons. The fourth-order valence-electron chi connectivity index (χ4n) is 4.76. The van der Waals surface area contributed by atoms with Gasteiger partial charge in [0.15, 0.2) is 11.6 Å². The highest BCUT2D eigenvalue weighted by atomic mass is 19.1. The number of carbonyl (C=O) groups excluding carboxylic acids is 1. The van der Waals surface area contributed by atoms with E-state index in [1.165, 1.54) is 24.5 Å². The lowest BCUT2D eigenvalue weighted by Crippen LogP contribution is -2.20. The zero-order valence-electron chi connectivity index (χ0n) is 20.9. The molecular weight excluding hydrogens is 457 g/mol. The lowest BCUT2D eigenvalue weighted by Gasteiger charge is -2.18. The van der Waals surface area contributed by atoms with Gasteiger partial charge in [-0.2, -0.15) is 0 Å². The van der Waals surface area contributed by atoms with Gasteiger partial charge in [-0.25, -0.2) is 14.1 Å². The Balaban J connectivity index is 1.15. The Hall–Kier alpha value is -3.29. The minimum Gasteiger partial charge on any atom is -0.490 e. The summed E-state index contributed by atoms with van der Waals surface area (Å²) in [4.78, 5) is 16.0. The summed E-state index contributed by atoms with van der Waals surface area (Å²) in [5.41, 5.74) is 4.52. The molecule has 2 aliphatic rings. The summed E-state index contributed by atoms with van der Waals surface area (Å²) in [6, 6.07) is 7.42. The second-order valence-corrected chi connectivity index (χ2v) is 10.1. The molecule has 0 bridgehead atoms. The van der Waals surface area contributed by atoms with Crippen LogP contribution in [-0.4, -0.2) is 32.5 Å². The zero-order chi connectivity index (χ0) is 24.9. The van der Waals surface area contributed by atoms with E-state index in [0.717, 1.165) is 55.3 Å². The van der Waals surface area contributed by atoms with E-state index in [4.69, 9.17) is 4.74 Å². The molecule has 1 amide bonds. The summed E-state index contributed by atoms with van der Waals surface area (Å²) < 4.78 is 22.0. The number of nitrogens with zero attached hydrogens (tertiary/aromatic N) is 4. The van der Waals surface area contributed by atoms with Crippen LogP contribution >= 0.6 is 0 Å². The number of benzene rings is 1.